The van der Waals surface area contributed by atoms with Crippen molar-refractivity contribution in [1.29, 1.82) is 0 Å². The fraction of sp³-hybridized carbons (Fsp3) is 0.304. The smallest absolute Gasteiger partial charge is 0.235 e. The van der Waals surface area contributed by atoms with E-state index in [0.717, 1.165) is 20.2 Å². The number of ether oxygens (including phenoxy) is 1. The maximum absolute atomic E-state index is 12.5. The van der Waals surface area contributed by atoms with Gasteiger partial charge in [0.2, 0.25) is 5.91 Å². The molecule has 4 atom stereocenters. The molecule has 0 bridgehead atoms. The van der Waals surface area contributed by atoms with Crippen molar-refractivity contribution in [1.82, 2.24) is 4.90 Å². The molecule has 0 aliphatic carbocycles. The van der Waals surface area contributed by atoms with Gasteiger partial charge in [0, 0.05) is 26.1 Å². The lowest BCUT2D eigenvalue weighted by atomic mass is 9.78. The number of aliphatic hydroxyl groups is 1. The molecule has 1 aromatic heterocycles. The lowest BCUT2D eigenvalue weighted by Gasteiger charge is -2.47. The quantitative estimate of drug-likeness (QED) is 0.638. The van der Waals surface area contributed by atoms with Gasteiger partial charge < -0.3 is 24.6 Å². The first-order chi connectivity index (χ1) is 14.4. The van der Waals surface area contributed by atoms with E-state index < -0.39 is 18.0 Å². The van der Waals surface area contributed by atoms with Crippen molar-refractivity contribution in [3.05, 3.63) is 53.7 Å². The maximum Gasteiger partial charge on any atom is 0.235 e. The van der Waals surface area contributed by atoms with Crippen LogP contribution in [0.1, 0.15) is 13.8 Å². The van der Waals surface area contributed by atoms with Crippen molar-refractivity contribution >= 4 is 43.4 Å². The van der Waals surface area contributed by atoms with E-state index in [1.807, 2.05) is 43.3 Å². The number of carbonyl (C=O) groups is 2. The van der Waals surface area contributed by atoms with Crippen molar-refractivity contribution in [2.45, 2.75) is 26.0 Å². The molecule has 0 saturated carbocycles. The number of nitrogens with zero attached hydrogens (tertiary/aromatic N) is 1. The number of hydrogen-bond donors (Lipinski definition) is 1. The summed E-state index contributed by atoms with van der Waals surface area (Å²) in [4.78, 5) is 25.6. The predicted octanol–water partition coefficient (Wildman–Crippen LogP) is 2.29. The van der Waals surface area contributed by atoms with Crippen molar-refractivity contribution in [2.75, 3.05) is 6.61 Å². The van der Waals surface area contributed by atoms with E-state index in [1.165, 1.54) is 4.90 Å². The fourth-order valence-corrected chi connectivity index (χ4v) is 5.96. The maximum atomic E-state index is 12.5. The lowest BCUT2D eigenvalue weighted by molar-refractivity contribution is -0.301. The van der Waals surface area contributed by atoms with Gasteiger partial charge in [0.15, 0.2) is 0 Å². The van der Waals surface area contributed by atoms with Gasteiger partial charge in [0.05, 0.1) is 29.7 Å². The van der Waals surface area contributed by atoms with Crippen LogP contribution in [-0.4, -0.2) is 40.6 Å². The number of carbonyl (C=O) groups excluding carboxylic acids is 2. The van der Waals surface area contributed by atoms with Crippen LogP contribution in [0.25, 0.3) is 20.2 Å². The minimum Gasteiger partial charge on any atom is -0.543 e. The molecule has 3 aromatic rings. The standard InChI is InChI=1S/C23H21NO5S/c1-11-14(21(23(27)28)24-20(11)18(12(2)25)22(24)26)10-29-15-7-5-9-17-19(15)13-6-3-4-8-16(13)30-17/h3-9,11-12,18,20,25H,10H2,1-2H3,(H,27,28)/p-1/t11-,12?,18?,20?/m0/s1. The molecule has 0 radical (unpaired) electrons. The number of rotatable bonds is 5. The molecule has 0 spiro atoms. The number of aliphatic carboxylic acids is 1. The number of benzene rings is 2. The van der Waals surface area contributed by atoms with Crippen molar-refractivity contribution in [3.63, 3.8) is 0 Å². The molecular weight excluding hydrogens is 402 g/mol. The van der Waals surface area contributed by atoms with Crippen molar-refractivity contribution in [3.8, 4) is 5.75 Å². The molecule has 6 nitrogen and oxygen atoms in total. The average Bonchev–Trinajstić information content (AvgIpc) is 3.20. The number of thiophene rings is 1. The van der Waals surface area contributed by atoms with Crippen molar-refractivity contribution < 1.29 is 24.5 Å². The summed E-state index contributed by atoms with van der Waals surface area (Å²) in [5.74, 6) is -1.93. The minimum absolute atomic E-state index is 0.0422. The van der Waals surface area contributed by atoms with Gasteiger partial charge in [-0.1, -0.05) is 31.2 Å². The topological polar surface area (TPSA) is 89.9 Å². The molecule has 2 aliphatic heterocycles. The highest BCUT2D eigenvalue weighted by Crippen LogP contribution is 2.47. The number of carboxylic acid groups (broad SMARTS) is 1. The van der Waals surface area contributed by atoms with Gasteiger partial charge in [-0.25, -0.2) is 0 Å². The van der Waals surface area contributed by atoms with Crippen LogP contribution in [0, 0.1) is 11.8 Å². The molecule has 3 heterocycles. The Bertz CT molecular complexity index is 1230. The number of aliphatic hydroxyl groups excluding tert-OH is 1. The molecule has 154 valence electrons. The zero-order valence-corrected chi connectivity index (χ0v) is 17.3. The molecule has 3 unspecified atom stereocenters. The Morgan fingerprint density at radius 3 is 2.70 bits per heavy atom. The Morgan fingerprint density at radius 2 is 1.97 bits per heavy atom. The van der Waals surface area contributed by atoms with Crippen LogP contribution in [0.15, 0.2) is 53.7 Å². The Labute approximate surface area is 177 Å². The van der Waals surface area contributed by atoms with Crippen LogP contribution in [0.5, 0.6) is 5.75 Å². The van der Waals surface area contributed by atoms with E-state index in [0.29, 0.717) is 11.3 Å². The average molecular weight is 422 g/mol. The third-order valence-electron chi connectivity index (χ3n) is 6.26. The van der Waals surface area contributed by atoms with Crippen LogP contribution < -0.4 is 9.84 Å². The molecule has 1 N–H and O–H groups in total. The summed E-state index contributed by atoms with van der Waals surface area (Å²) in [5, 5.41) is 23.9. The molecular formula is C23H20NO5S-. The van der Waals surface area contributed by atoms with Crippen LogP contribution >= 0.6 is 11.3 Å². The monoisotopic (exact) mass is 422 g/mol. The second-order valence-corrected chi connectivity index (χ2v) is 9.02. The molecule has 1 amide bonds. The normalized spacial score (nSPS) is 24.3. The third-order valence-corrected chi connectivity index (χ3v) is 7.39. The summed E-state index contributed by atoms with van der Waals surface area (Å²) in [7, 11) is 0. The van der Waals surface area contributed by atoms with Crippen LogP contribution in [0.4, 0.5) is 0 Å². The minimum atomic E-state index is -1.39. The Hall–Kier alpha value is -2.90. The highest BCUT2D eigenvalue weighted by Gasteiger charge is 2.58. The first kappa shape index (κ1) is 19.1. The number of carboxylic acids is 1. The summed E-state index contributed by atoms with van der Waals surface area (Å²) < 4.78 is 8.38. The van der Waals surface area contributed by atoms with Gasteiger partial charge in [-0.3, -0.25) is 4.79 Å². The summed E-state index contributed by atoms with van der Waals surface area (Å²) >= 11 is 1.68. The van der Waals surface area contributed by atoms with Gasteiger partial charge >= 0.3 is 0 Å². The first-order valence-electron chi connectivity index (χ1n) is 9.88. The zero-order chi connectivity index (χ0) is 21.2. The molecule has 5 rings (SSSR count). The van der Waals surface area contributed by atoms with Gasteiger partial charge in [0.1, 0.15) is 12.4 Å². The zero-order valence-electron chi connectivity index (χ0n) is 16.5. The summed E-state index contributed by atoms with van der Waals surface area (Å²) in [6.45, 7) is 3.47. The SMILES string of the molecule is CC(O)C1C(=O)N2C(C(=O)[O-])=C(COc3cccc4sc5ccccc5c34)[C@H](C)C12. The highest BCUT2D eigenvalue weighted by atomic mass is 32.1. The predicted molar refractivity (Wildman–Crippen MR) is 112 cm³/mol. The number of hydrogen-bond acceptors (Lipinski definition) is 6. The second kappa shape index (κ2) is 6.82. The fourth-order valence-electron chi connectivity index (χ4n) is 4.84. The van der Waals surface area contributed by atoms with Crippen molar-refractivity contribution in [2.24, 2.45) is 11.8 Å². The summed E-state index contributed by atoms with van der Waals surface area (Å²) in [5.41, 5.74) is 0.407. The second-order valence-electron chi connectivity index (χ2n) is 7.93. The van der Waals surface area contributed by atoms with E-state index >= 15 is 0 Å². The lowest BCUT2D eigenvalue weighted by Crippen LogP contribution is -2.64. The Balaban J connectivity index is 1.51. The molecule has 2 aromatic carbocycles. The molecule has 30 heavy (non-hydrogen) atoms. The molecule has 2 aliphatic rings. The van der Waals surface area contributed by atoms with E-state index in [-0.39, 0.29) is 30.2 Å². The summed E-state index contributed by atoms with van der Waals surface area (Å²) in [6.07, 6.45) is -0.838. The van der Waals surface area contributed by atoms with Gasteiger partial charge in [-0.2, -0.15) is 0 Å². The number of amides is 1. The molecule has 1 fully saturated rings. The van der Waals surface area contributed by atoms with Crippen LogP contribution in [0.3, 0.4) is 0 Å². The first-order valence-corrected chi connectivity index (χ1v) is 10.7. The van der Waals surface area contributed by atoms with E-state index in [2.05, 4.69) is 6.07 Å². The highest BCUT2D eigenvalue weighted by molar-refractivity contribution is 7.25. The van der Waals surface area contributed by atoms with Gasteiger partial charge in [-0.05, 0) is 30.7 Å². The summed E-state index contributed by atoms with van der Waals surface area (Å²) in [6, 6.07) is 13.5. The van der Waals surface area contributed by atoms with E-state index in [1.54, 1.807) is 18.3 Å². The molecule has 7 heteroatoms. The van der Waals surface area contributed by atoms with Crippen LogP contribution in [-0.2, 0) is 9.59 Å². The number of fused-ring (bicyclic) bond motifs is 4. The Morgan fingerprint density at radius 1 is 1.23 bits per heavy atom. The Kier molecular flexibility index (Phi) is 4.34. The largest absolute Gasteiger partial charge is 0.543 e. The van der Waals surface area contributed by atoms with Gasteiger partial charge in [-0.15, -0.1) is 11.3 Å². The third kappa shape index (κ3) is 2.58. The van der Waals surface area contributed by atoms with E-state index in [9.17, 15) is 19.8 Å². The molecule has 1 saturated heterocycles. The number of β-lactam (4-membered cyclic amide) rings is 1. The van der Waals surface area contributed by atoms with E-state index in [4.69, 9.17) is 4.74 Å². The van der Waals surface area contributed by atoms with Crippen LogP contribution in [0.2, 0.25) is 0 Å². The van der Waals surface area contributed by atoms with Gasteiger partial charge in [0.25, 0.3) is 0 Å².